The smallest absolute Gasteiger partial charge is 0.251 e. The third kappa shape index (κ3) is 2.38. The number of amides is 1. The molecule has 0 atom stereocenters. The molecule has 0 saturated heterocycles. The summed E-state index contributed by atoms with van der Waals surface area (Å²) in [6.45, 7) is 0.291. The zero-order chi connectivity index (χ0) is 11.4. The van der Waals surface area contributed by atoms with Crippen molar-refractivity contribution in [3.63, 3.8) is 0 Å². The van der Waals surface area contributed by atoms with E-state index >= 15 is 0 Å². The molecule has 1 aromatic carbocycles. The number of phenols is 1. The minimum atomic E-state index is -0.226. The molecule has 2 N–H and O–H groups in total. The van der Waals surface area contributed by atoms with Crippen molar-refractivity contribution in [2.45, 2.75) is 6.54 Å². The summed E-state index contributed by atoms with van der Waals surface area (Å²) < 4.78 is 4.83. The molecule has 82 valence electrons. The second-order valence-corrected chi connectivity index (χ2v) is 3.21. The summed E-state index contributed by atoms with van der Waals surface area (Å²) >= 11 is 0. The summed E-state index contributed by atoms with van der Waals surface area (Å²) in [7, 11) is 0. The molecule has 0 aliphatic rings. The maximum Gasteiger partial charge on any atom is 0.251 e. The Balaban J connectivity index is 1.95. The second kappa shape index (κ2) is 4.48. The van der Waals surface area contributed by atoms with Crippen molar-refractivity contribution in [1.29, 1.82) is 0 Å². The Hall–Kier alpha value is -2.30. The normalized spacial score (nSPS) is 10.0. The molecule has 5 nitrogen and oxygen atoms in total. The number of carbonyl (C=O) groups excluding carboxylic acids is 1. The Morgan fingerprint density at radius 3 is 2.69 bits per heavy atom. The van der Waals surface area contributed by atoms with E-state index < -0.39 is 0 Å². The van der Waals surface area contributed by atoms with Crippen LogP contribution in [0.1, 0.15) is 16.1 Å². The summed E-state index contributed by atoms with van der Waals surface area (Å²) in [6, 6.07) is 7.69. The van der Waals surface area contributed by atoms with Gasteiger partial charge in [0.2, 0.25) is 0 Å². The first-order valence-corrected chi connectivity index (χ1v) is 4.72. The number of hydrogen-bond acceptors (Lipinski definition) is 4. The largest absolute Gasteiger partial charge is 0.508 e. The van der Waals surface area contributed by atoms with Crippen LogP contribution in [0.5, 0.6) is 5.75 Å². The van der Waals surface area contributed by atoms with Crippen molar-refractivity contribution in [2.75, 3.05) is 0 Å². The first-order valence-electron chi connectivity index (χ1n) is 4.72. The maximum absolute atomic E-state index is 11.6. The lowest BCUT2D eigenvalue weighted by Crippen LogP contribution is -2.22. The maximum atomic E-state index is 11.6. The summed E-state index contributed by atoms with van der Waals surface area (Å²) in [4.78, 5) is 11.6. The van der Waals surface area contributed by atoms with Gasteiger partial charge < -0.3 is 14.9 Å². The Morgan fingerprint density at radius 2 is 2.06 bits per heavy atom. The minimum Gasteiger partial charge on any atom is -0.508 e. The van der Waals surface area contributed by atoms with E-state index in [0.29, 0.717) is 17.9 Å². The third-order valence-electron chi connectivity index (χ3n) is 2.04. The third-order valence-corrected chi connectivity index (χ3v) is 2.04. The first-order chi connectivity index (χ1) is 7.75. The van der Waals surface area contributed by atoms with E-state index in [4.69, 9.17) is 9.63 Å². The van der Waals surface area contributed by atoms with E-state index in [0.717, 1.165) is 0 Å². The molecular weight excluding hydrogens is 208 g/mol. The number of phenolic OH excluding ortho intramolecular Hbond substituents is 1. The topological polar surface area (TPSA) is 75.4 Å². The molecule has 0 aliphatic carbocycles. The second-order valence-electron chi connectivity index (χ2n) is 3.21. The molecule has 5 heteroatoms. The number of rotatable bonds is 3. The van der Waals surface area contributed by atoms with Crippen LogP contribution in [-0.2, 0) is 6.54 Å². The standard InChI is InChI=1S/C11H10N2O3/c14-9-3-1-8(2-4-9)11(15)12-7-10-5-6-13-16-10/h1-6,14H,7H2,(H,12,15). The van der Waals surface area contributed by atoms with Gasteiger partial charge in [-0.2, -0.15) is 0 Å². The first kappa shape index (κ1) is 10.2. The number of carbonyl (C=O) groups is 1. The van der Waals surface area contributed by atoms with Crippen molar-refractivity contribution in [3.8, 4) is 5.75 Å². The van der Waals surface area contributed by atoms with Gasteiger partial charge in [-0.25, -0.2) is 0 Å². The molecule has 2 aromatic rings. The highest BCUT2D eigenvalue weighted by Gasteiger charge is 2.05. The van der Waals surface area contributed by atoms with Gasteiger partial charge in [0, 0.05) is 11.6 Å². The molecule has 2 rings (SSSR count). The van der Waals surface area contributed by atoms with Crippen LogP contribution in [0.15, 0.2) is 41.1 Å². The fourth-order valence-electron chi connectivity index (χ4n) is 1.22. The van der Waals surface area contributed by atoms with Crippen LogP contribution in [-0.4, -0.2) is 16.2 Å². The molecule has 0 spiro atoms. The number of nitrogens with one attached hydrogen (secondary N) is 1. The van der Waals surface area contributed by atoms with Crippen LogP contribution in [0.4, 0.5) is 0 Å². The summed E-state index contributed by atoms with van der Waals surface area (Å²) in [5, 5.41) is 15.3. The summed E-state index contributed by atoms with van der Waals surface area (Å²) in [6.07, 6.45) is 1.52. The van der Waals surface area contributed by atoms with Crippen LogP contribution in [0, 0.1) is 0 Å². The molecular formula is C11H10N2O3. The monoisotopic (exact) mass is 218 g/mol. The lowest BCUT2D eigenvalue weighted by Gasteiger charge is -2.02. The molecule has 1 heterocycles. The van der Waals surface area contributed by atoms with E-state index in [9.17, 15) is 4.79 Å². The fraction of sp³-hybridized carbons (Fsp3) is 0.0909. The van der Waals surface area contributed by atoms with Gasteiger partial charge in [-0.05, 0) is 24.3 Å². The van der Waals surface area contributed by atoms with Crippen LogP contribution < -0.4 is 5.32 Å². The SMILES string of the molecule is O=C(NCc1ccno1)c1ccc(O)cc1. The van der Waals surface area contributed by atoms with Gasteiger partial charge in [-0.1, -0.05) is 5.16 Å². The number of aromatic nitrogens is 1. The van der Waals surface area contributed by atoms with Gasteiger partial charge in [0.15, 0.2) is 5.76 Å². The van der Waals surface area contributed by atoms with Gasteiger partial charge in [0.05, 0.1) is 12.7 Å². The zero-order valence-electron chi connectivity index (χ0n) is 8.38. The van der Waals surface area contributed by atoms with E-state index in [1.165, 1.54) is 18.3 Å². The van der Waals surface area contributed by atoms with E-state index in [2.05, 4.69) is 10.5 Å². The van der Waals surface area contributed by atoms with Crippen molar-refractivity contribution in [1.82, 2.24) is 10.5 Å². The van der Waals surface area contributed by atoms with E-state index in [1.807, 2.05) is 0 Å². The Bertz CT molecular complexity index is 462. The van der Waals surface area contributed by atoms with Crippen molar-refractivity contribution in [3.05, 3.63) is 47.9 Å². The highest BCUT2D eigenvalue weighted by atomic mass is 16.5. The number of nitrogens with zero attached hydrogens (tertiary/aromatic N) is 1. The molecule has 0 aliphatic heterocycles. The quantitative estimate of drug-likeness (QED) is 0.814. The van der Waals surface area contributed by atoms with Crippen LogP contribution >= 0.6 is 0 Å². The highest BCUT2D eigenvalue weighted by molar-refractivity contribution is 5.94. The van der Waals surface area contributed by atoms with Gasteiger partial charge in [0.1, 0.15) is 5.75 Å². The van der Waals surface area contributed by atoms with Crippen molar-refractivity contribution in [2.24, 2.45) is 0 Å². The zero-order valence-corrected chi connectivity index (χ0v) is 8.38. The Kier molecular flexibility index (Phi) is 2.86. The highest BCUT2D eigenvalue weighted by Crippen LogP contribution is 2.09. The summed E-state index contributed by atoms with van der Waals surface area (Å²) in [5.41, 5.74) is 0.484. The lowest BCUT2D eigenvalue weighted by molar-refractivity contribution is 0.0947. The van der Waals surface area contributed by atoms with Crippen LogP contribution in [0.2, 0.25) is 0 Å². The minimum absolute atomic E-state index is 0.131. The molecule has 1 amide bonds. The average Bonchev–Trinajstić information content (AvgIpc) is 2.80. The van der Waals surface area contributed by atoms with E-state index in [-0.39, 0.29) is 11.7 Å². The van der Waals surface area contributed by atoms with Crippen molar-refractivity contribution >= 4 is 5.91 Å². The average molecular weight is 218 g/mol. The Morgan fingerprint density at radius 1 is 1.31 bits per heavy atom. The lowest BCUT2D eigenvalue weighted by atomic mass is 10.2. The molecule has 1 aromatic heterocycles. The van der Waals surface area contributed by atoms with Crippen molar-refractivity contribution < 1.29 is 14.4 Å². The van der Waals surface area contributed by atoms with Gasteiger partial charge in [0.25, 0.3) is 5.91 Å². The van der Waals surface area contributed by atoms with Gasteiger partial charge in [-0.3, -0.25) is 4.79 Å². The molecule has 0 bridgehead atoms. The molecule has 0 fully saturated rings. The number of hydrogen-bond donors (Lipinski definition) is 2. The van der Waals surface area contributed by atoms with Crippen LogP contribution in [0.3, 0.4) is 0 Å². The molecule has 0 radical (unpaired) electrons. The van der Waals surface area contributed by atoms with Gasteiger partial charge >= 0.3 is 0 Å². The predicted molar refractivity (Wildman–Crippen MR) is 55.8 cm³/mol. The fourth-order valence-corrected chi connectivity index (χ4v) is 1.22. The van der Waals surface area contributed by atoms with E-state index in [1.54, 1.807) is 18.2 Å². The molecule has 0 unspecified atom stereocenters. The summed E-state index contributed by atoms with van der Waals surface area (Å²) in [5.74, 6) is 0.496. The molecule has 0 saturated carbocycles. The number of aromatic hydroxyl groups is 1. The predicted octanol–water partition coefficient (Wildman–Crippen LogP) is 1.31. The Labute approximate surface area is 91.7 Å². The molecule has 16 heavy (non-hydrogen) atoms. The van der Waals surface area contributed by atoms with Gasteiger partial charge in [-0.15, -0.1) is 0 Å². The van der Waals surface area contributed by atoms with Crippen LogP contribution in [0.25, 0.3) is 0 Å². The number of benzene rings is 1.